The van der Waals surface area contributed by atoms with Gasteiger partial charge in [-0.25, -0.2) is 0 Å². The Kier molecular flexibility index (Phi) is 3.98. The van der Waals surface area contributed by atoms with Crippen molar-refractivity contribution in [3.05, 3.63) is 23.8 Å². The normalized spacial score (nSPS) is 10.2. The molecule has 0 saturated heterocycles. The topological polar surface area (TPSA) is 20.2 Å². The van der Waals surface area contributed by atoms with E-state index in [0.29, 0.717) is 0 Å². The summed E-state index contributed by atoms with van der Waals surface area (Å²) in [5, 5.41) is 9.05. The van der Waals surface area contributed by atoms with Gasteiger partial charge in [-0.1, -0.05) is 12.1 Å². The molecule has 0 spiro atoms. The van der Waals surface area contributed by atoms with Crippen LogP contribution in [0.1, 0.15) is 5.56 Å². The molecule has 0 amide bonds. The Morgan fingerprint density at radius 2 is 2.00 bits per heavy atom. The first-order valence-corrected chi connectivity index (χ1v) is 6.09. The van der Waals surface area contributed by atoms with E-state index >= 15 is 0 Å². The standard InChI is InChI=1S/C9H12OS2/c1-11-8-5-3-4-7(6-10)9(8)12-2/h3-5,10H,6H2,1-2H3. The number of rotatable bonds is 3. The molecule has 0 saturated carbocycles. The first-order chi connectivity index (χ1) is 5.83. The second-order valence-corrected chi connectivity index (χ2v) is 3.98. The Morgan fingerprint density at radius 1 is 1.25 bits per heavy atom. The summed E-state index contributed by atoms with van der Waals surface area (Å²) < 4.78 is 0. The van der Waals surface area contributed by atoms with Crippen molar-refractivity contribution in [2.24, 2.45) is 0 Å². The number of thioether (sulfide) groups is 2. The lowest BCUT2D eigenvalue weighted by Crippen LogP contribution is -1.88. The van der Waals surface area contributed by atoms with Crippen molar-refractivity contribution in [3.8, 4) is 0 Å². The van der Waals surface area contributed by atoms with Crippen LogP contribution in [0.5, 0.6) is 0 Å². The second kappa shape index (κ2) is 4.80. The van der Waals surface area contributed by atoms with E-state index in [4.69, 9.17) is 5.11 Å². The van der Waals surface area contributed by atoms with E-state index in [0.717, 1.165) is 5.56 Å². The largest absolute Gasteiger partial charge is 0.392 e. The molecule has 0 fully saturated rings. The number of hydrogen-bond donors (Lipinski definition) is 1. The lowest BCUT2D eigenvalue weighted by molar-refractivity contribution is 0.278. The van der Waals surface area contributed by atoms with Crippen LogP contribution in [-0.2, 0) is 6.61 Å². The van der Waals surface area contributed by atoms with E-state index in [9.17, 15) is 0 Å². The highest BCUT2D eigenvalue weighted by molar-refractivity contribution is 8.01. The summed E-state index contributed by atoms with van der Waals surface area (Å²) in [6.07, 6.45) is 4.09. The Balaban J connectivity index is 3.13. The van der Waals surface area contributed by atoms with Crippen molar-refractivity contribution in [3.63, 3.8) is 0 Å². The maximum Gasteiger partial charge on any atom is 0.0693 e. The molecule has 0 aliphatic carbocycles. The lowest BCUT2D eigenvalue weighted by atomic mass is 10.2. The summed E-state index contributed by atoms with van der Waals surface area (Å²) in [6, 6.07) is 6.03. The molecular formula is C9H12OS2. The van der Waals surface area contributed by atoms with Gasteiger partial charge >= 0.3 is 0 Å². The van der Waals surface area contributed by atoms with Crippen LogP contribution in [-0.4, -0.2) is 17.6 Å². The van der Waals surface area contributed by atoms with Gasteiger partial charge in [-0.15, -0.1) is 23.5 Å². The van der Waals surface area contributed by atoms with Crippen molar-refractivity contribution in [2.45, 2.75) is 16.4 Å². The van der Waals surface area contributed by atoms with Gasteiger partial charge in [-0.05, 0) is 24.1 Å². The molecule has 0 radical (unpaired) electrons. The van der Waals surface area contributed by atoms with Gasteiger partial charge in [0.1, 0.15) is 0 Å². The van der Waals surface area contributed by atoms with Gasteiger partial charge < -0.3 is 5.11 Å². The zero-order chi connectivity index (χ0) is 8.97. The molecule has 0 heterocycles. The van der Waals surface area contributed by atoms with Crippen molar-refractivity contribution in [2.75, 3.05) is 12.5 Å². The van der Waals surface area contributed by atoms with Crippen LogP contribution in [0.3, 0.4) is 0 Å². The van der Waals surface area contributed by atoms with Crippen LogP contribution in [0, 0.1) is 0 Å². The summed E-state index contributed by atoms with van der Waals surface area (Å²) >= 11 is 3.41. The predicted molar refractivity (Wildman–Crippen MR) is 55.9 cm³/mol. The van der Waals surface area contributed by atoms with Gasteiger partial charge in [0, 0.05) is 9.79 Å². The highest BCUT2D eigenvalue weighted by Crippen LogP contribution is 2.31. The lowest BCUT2D eigenvalue weighted by Gasteiger charge is -2.08. The fourth-order valence-electron chi connectivity index (χ4n) is 1.08. The first kappa shape index (κ1) is 9.96. The van der Waals surface area contributed by atoms with E-state index in [1.165, 1.54) is 9.79 Å². The average Bonchev–Trinajstić information content (AvgIpc) is 2.16. The van der Waals surface area contributed by atoms with Crippen LogP contribution < -0.4 is 0 Å². The summed E-state index contributed by atoms with van der Waals surface area (Å²) in [5.41, 5.74) is 1.02. The zero-order valence-corrected chi connectivity index (χ0v) is 8.84. The molecule has 66 valence electrons. The number of benzene rings is 1. The number of aliphatic hydroxyl groups excluding tert-OH is 1. The maximum absolute atomic E-state index is 9.05. The molecule has 0 aliphatic rings. The molecule has 0 bridgehead atoms. The molecule has 0 unspecified atom stereocenters. The van der Waals surface area contributed by atoms with Gasteiger partial charge in [0.2, 0.25) is 0 Å². The highest BCUT2D eigenvalue weighted by atomic mass is 32.2. The molecule has 1 nitrogen and oxygen atoms in total. The number of aliphatic hydroxyl groups is 1. The third-order valence-corrected chi connectivity index (χ3v) is 3.45. The minimum Gasteiger partial charge on any atom is -0.392 e. The Hall–Kier alpha value is -0.120. The highest BCUT2D eigenvalue weighted by Gasteiger charge is 2.04. The molecule has 1 rings (SSSR count). The van der Waals surface area contributed by atoms with Gasteiger partial charge in [-0.3, -0.25) is 0 Å². The maximum atomic E-state index is 9.05. The zero-order valence-electron chi connectivity index (χ0n) is 7.20. The van der Waals surface area contributed by atoms with E-state index in [2.05, 4.69) is 12.3 Å². The quantitative estimate of drug-likeness (QED) is 0.757. The second-order valence-electron chi connectivity index (χ2n) is 2.31. The van der Waals surface area contributed by atoms with Crippen LogP contribution in [0.4, 0.5) is 0 Å². The average molecular weight is 200 g/mol. The molecule has 1 aromatic carbocycles. The molecule has 12 heavy (non-hydrogen) atoms. The Bertz CT molecular complexity index is 238. The Morgan fingerprint density at radius 3 is 2.50 bits per heavy atom. The SMILES string of the molecule is CSc1cccc(CO)c1SC. The molecular weight excluding hydrogens is 188 g/mol. The van der Waals surface area contributed by atoms with Crippen LogP contribution in [0.15, 0.2) is 28.0 Å². The smallest absolute Gasteiger partial charge is 0.0693 e. The predicted octanol–water partition coefficient (Wildman–Crippen LogP) is 2.62. The van der Waals surface area contributed by atoms with Gasteiger partial charge in [0.25, 0.3) is 0 Å². The number of hydrogen-bond acceptors (Lipinski definition) is 3. The van der Waals surface area contributed by atoms with Crippen LogP contribution in [0.25, 0.3) is 0 Å². The minimum absolute atomic E-state index is 0.130. The van der Waals surface area contributed by atoms with Gasteiger partial charge in [-0.2, -0.15) is 0 Å². The molecule has 1 aromatic rings. The molecule has 0 aromatic heterocycles. The van der Waals surface area contributed by atoms with Crippen LogP contribution in [0.2, 0.25) is 0 Å². The third-order valence-electron chi connectivity index (χ3n) is 1.65. The monoisotopic (exact) mass is 200 g/mol. The fourth-order valence-corrected chi connectivity index (χ4v) is 2.77. The van der Waals surface area contributed by atoms with Crippen molar-refractivity contribution in [1.82, 2.24) is 0 Å². The Labute approximate surface area is 81.6 Å². The molecule has 1 N–H and O–H groups in total. The fraction of sp³-hybridized carbons (Fsp3) is 0.333. The van der Waals surface area contributed by atoms with Crippen LogP contribution >= 0.6 is 23.5 Å². The van der Waals surface area contributed by atoms with E-state index in [1.807, 2.05) is 18.4 Å². The molecule has 3 heteroatoms. The first-order valence-electron chi connectivity index (χ1n) is 3.64. The van der Waals surface area contributed by atoms with E-state index in [1.54, 1.807) is 23.5 Å². The summed E-state index contributed by atoms with van der Waals surface area (Å²) in [5.74, 6) is 0. The van der Waals surface area contributed by atoms with Crippen molar-refractivity contribution < 1.29 is 5.11 Å². The van der Waals surface area contributed by atoms with Crippen molar-refractivity contribution in [1.29, 1.82) is 0 Å². The van der Waals surface area contributed by atoms with Gasteiger partial charge in [0.15, 0.2) is 0 Å². The molecule has 0 atom stereocenters. The third kappa shape index (κ3) is 1.97. The van der Waals surface area contributed by atoms with Crippen molar-refractivity contribution >= 4 is 23.5 Å². The van der Waals surface area contributed by atoms with E-state index in [-0.39, 0.29) is 6.61 Å². The molecule has 0 aliphatic heterocycles. The van der Waals surface area contributed by atoms with Gasteiger partial charge in [0.05, 0.1) is 6.61 Å². The summed E-state index contributed by atoms with van der Waals surface area (Å²) in [7, 11) is 0. The minimum atomic E-state index is 0.130. The summed E-state index contributed by atoms with van der Waals surface area (Å²) in [6.45, 7) is 0.130. The summed E-state index contributed by atoms with van der Waals surface area (Å²) in [4.78, 5) is 2.45. The van der Waals surface area contributed by atoms with E-state index < -0.39 is 0 Å².